The predicted molar refractivity (Wildman–Crippen MR) is 78.0 cm³/mol. The average molecular weight is 261 g/mol. The summed E-state index contributed by atoms with van der Waals surface area (Å²) < 4.78 is 2.03. The molecule has 4 heteroatoms. The zero-order valence-electron chi connectivity index (χ0n) is 10.9. The molecule has 0 saturated heterocycles. The van der Waals surface area contributed by atoms with Crippen LogP contribution in [0.3, 0.4) is 0 Å². The first-order chi connectivity index (χ1) is 9.75. The van der Waals surface area contributed by atoms with Crippen molar-refractivity contribution in [3.05, 3.63) is 54.4 Å². The maximum atomic E-state index is 11.9. The van der Waals surface area contributed by atoms with Crippen LogP contribution in [0.4, 0.5) is 0 Å². The van der Waals surface area contributed by atoms with Crippen molar-refractivity contribution in [2.24, 2.45) is 0 Å². The number of para-hydroxylation sites is 2. The van der Waals surface area contributed by atoms with E-state index in [9.17, 15) is 4.79 Å². The third-order valence-electron chi connectivity index (χ3n) is 3.55. The number of benzene rings is 1. The van der Waals surface area contributed by atoms with Gasteiger partial charge in [-0.2, -0.15) is 0 Å². The molecule has 3 aromatic heterocycles. The van der Waals surface area contributed by atoms with Gasteiger partial charge in [0, 0.05) is 17.8 Å². The number of nitrogens with zero attached hydrogens (tertiary/aromatic N) is 3. The second kappa shape index (κ2) is 3.87. The topological polar surface area (TPSA) is 47.3 Å². The van der Waals surface area contributed by atoms with Gasteiger partial charge in [0.1, 0.15) is 5.65 Å². The highest BCUT2D eigenvalue weighted by Crippen LogP contribution is 2.25. The highest BCUT2D eigenvalue weighted by molar-refractivity contribution is 6.05. The molecule has 0 unspecified atom stereocenters. The summed E-state index contributed by atoms with van der Waals surface area (Å²) in [5.41, 5.74) is 4.23. The Labute approximate surface area is 114 Å². The van der Waals surface area contributed by atoms with Crippen LogP contribution in [0.2, 0.25) is 0 Å². The Morgan fingerprint density at radius 1 is 1.15 bits per heavy atom. The third kappa shape index (κ3) is 1.39. The Hall–Kier alpha value is -2.75. The number of ketones is 1. The third-order valence-corrected chi connectivity index (χ3v) is 3.55. The molecule has 0 spiro atoms. The molecule has 0 bridgehead atoms. The van der Waals surface area contributed by atoms with Crippen molar-refractivity contribution in [3.63, 3.8) is 0 Å². The van der Waals surface area contributed by atoms with Gasteiger partial charge in [0.05, 0.1) is 22.1 Å². The van der Waals surface area contributed by atoms with E-state index in [1.807, 2.05) is 40.8 Å². The van der Waals surface area contributed by atoms with E-state index in [1.54, 1.807) is 19.3 Å². The van der Waals surface area contributed by atoms with Gasteiger partial charge in [-0.15, -0.1) is 0 Å². The summed E-state index contributed by atoms with van der Waals surface area (Å²) in [6.07, 6.45) is 3.53. The molecule has 4 nitrogen and oxygen atoms in total. The molecular weight excluding hydrogens is 250 g/mol. The van der Waals surface area contributed by atoms with E-state index in [2.05, 4.69) is 9.97 Å². The Morgan fingerprint density at radius 3 is 2.85 bits per heavy atom. The number of aromatic nitrogens is 3. The van der Waals surface area contributed by atoms with Gasteiger partial charge >= 0.3 is 0 Å². The van der Waals surface area contributed by atoms with Crippen LogP contribution in [0.5, 0.6) is 0 Å². The zero-order valence-corrected chi connectivity index (χ0v) is 10.9. The van der Waals surface area contributed by atoms with Crippen LogP contribution >= 0.6 is 0 Å². The minimum Gasteiger partial charge on any atom is -0.294 e. The van der Waals surface area contributed by atoms with Gasteiger partial charge in [0.25, 0.3) is 0 Å². The monoisotopic (exact) mass is 261 g/mol. The second-order valence-electron chi connectivity index (χ2n) is 4.81. The largest absolute Gasteiger partial charge is 0.294 e. The van der Waals surface area contributed by atoms with Gasteiger partial charge in [0.15, 0.2) is 5.78 Å². The molecule has 4 aromatic rings. The van der Waals surface area contributed by atoms with Crippen molar-refractivity contribution >= 4 is 33.4 Å². The SMILES string of the molecule is CC(=O)c1cc2cnccc2n2c1nc1ccccc12. The highest BCUT2D eigenvalue weighted by Gasteiger charge is 2.14. The maximum Gasteiger partial charge on any atom is 0.163 e. The number of Topliss-reactive ketones (excluding diaryl/α,β-unsaturated/α-hetero) is 1. The summed E-state index contributed by atoms with van der Waals surface area (Å²) >= 11 is 0. The van der Waals surface area contributed by atoms with Gasteiger partial charge in [-0.1, -0.05) is 12.1 Å². The standard InChI is InChI=1S/C16H11N3O/c1-10(20)12-8-11-9-17-7-6-14(11)19-15-5-3-2-4-13(15)18-16(12)19/h2-9H,1H3. The number of carbonyl (C=O) groups is 1. The molecule has 3 heterocycles. The van der Waals surface area contributed by atoms with Gasteiger partial charge in [-0.3, -0.25) is 14.2 Å². The minimum atomic E-state index is 0.0102. The Balaban J connectivity index is 2.37. The molecule has 0 aliphatic rings. The highest BCUT2D eigenvalue weighted by atomic mass is 16.1. The summed E-state index contributed by atoms with van der Waals surface area (Å²) in [7, 11) is 0. The van der Waals surface area contributed by atoms with Crippen molar-refractivity contribution in [3.8, 4) is 0 Å². The number of hydrogen-bond acceptors (Lipinski definition) is 3. The first-order valence-corrected chi connectivity index (χ1v) is 6.40. The van der Waals surface area contributed by atoms with E-state index in [0.29, 0.717) is 11.2 Å². The molecule has 0 fully saturated rings. The molecule has 0 N–H and O–H groups in total. The molecule has 20 heavy (non-hydrogen) atoms. The summed E-state index contributed by atoms with van der Waals surface area (Å²) in [6.45, 7) is 1.57. The summed E-state index contributed by atoms with van der Waals surface area (Å²) in [6, 6.07) is 11.7. The van der Waals surface area contributed by atoms with Crippen molar-refractivity contribution in [2.45, 2.75) is 6.92 Å². The van der Waals surface area contributed by atoms with Crippen LogP contribution in [-0.4, -0.2) is 20.2 Å². The van der Waals surface area contributed by atoms with E-state index in [4.69, 9.17) is 0 Å². The zero-order chi connectivity index (χ0) is 13.7. The predicted octanol–water partition coefficient (Wildman–Crippen LogP) is 3.24. The van der Waals surface area contributed by atoms with Crippen molar-refractivity contribution in [2.75, 3.05) is 0 Å². The number of pyridine rings is 2. The van der Waals surface area contributed by atoms with Crippen LogP contribution in [0.25, 0.3) is 27.6 Å². The van der Waals surface area contributed by atoms with E-state index < -0.39 is 0 Å². The van der Waals surface area contributed by atoms with Crippen molar-refractivity contribution < 1.29 is 4.79 Å². The van der Waals surface area contributed by atoms with Crippen LogP contribution < -0.4 is 0 Å². The molecule has 0 atom stereocenters. The lowest BCUT2D eigenvalue weighted by molar-refractivity contribution is 0.101. The van der Waals surface area contributed by atoms with Crippen LogP contribution in [0, 0.1) is 0 Å². The molecule has 4 rings (SSSR count). The fourth-order valence-corrected chi connectivity index (χ4v) is 2.64. The Bertz CT molecular complexity index is 985. The number of imidazole rings is 1. The van der Waals surface area contributed by atoms with E-state index in [0.717, 1.165) is 21.9 Å². The first kappa shape index (κ1) is 11.1. The molecule has 0 saturated carbocycles. The molecule has 0 amide bonds. The molecule has 0 aliphatic carbocycles. The summed E-state index contributed by atoms with van der Waals surface area (Å²) in [5.74, 6) is 0.0102. The maximum absolute atomic E-state index is 11.9. The fraction of sp³-hybridized carbons (Fsp3) is 0.0625. The van der Waals surface area contributed by atoms with Crippen LogP contribution in [0.15, 0.2) is 48.8 Å². The van der Waals surface area contributed by atoms with Gasteiger partial charge in [-0.05, 0) is 31.2 Å². The van der Waals surface area contributed by atoms with Gasteiger partial charge in [-0.25, -0.2) is 4.98 Å². The molecular formula is C16H11N3O. The van der Waals surface area contributed by atoms with Gasteiger partial charge in [0.2, 0.25) is 0 Å². The second-order valence-corrected chi connectivity index (χ2v) is 4.81. The number of fused-ring (bicyclic) bond motifs is 5. The summed E-state index contributed by atoms with van der Waals surface area (Å²) in [4.78, 5) is 20.7. The lowest BCUT2D eigenvalue weighted by Crippen LogP contribution is -1.99. The Morgan fingerprint density at radius 2 is 2.00 bits per heavy atom. The minimum absolute atomic E-state index is 0.0102. The van der Waals surface area contributed by atoms with Crippen molar-refractivity contribution in [1.29, 1.82) is 0 Å². The van der Waals surface area contributed by atoms with Crippen molar-refractivity contribution in [1.82, 2.24) is 14.4 Å². The number of hydrogen-bond donors (Lipinski definition) is 0. The lowest BCUT2D eigenvalue weighted by atomic mass is 10.1. The van der Waals surface area contributed by atoms with Crippen LogP contribution in [-0.2, 0) is 0 Å². The normalized spacial score (nSPS) is 11.4. The smallest absolute Gasteiger partial charge is 0.163 e. The molecule has 0 aliphatic heterocycles. The van der Waals surface area contributed by atoms with E-state index in [-0.39, 0.29) is 5.78 Å². The molecule has 1 aromatic carbocycles. The Kier molecular flexibility index (Phi) is 2.15. The van der Waals surface area contributed by atoms with Crippen LogP contribution in [0.1, 0.15) is 17.3 Å². The molecule has 96 valence electrons. The number of carbonyl (C=O) groups excluding carboxylic acids is 1. The first-order valence-electron chi connectivity index (χ1n) is 6.40. The van der Waals surface area contributed by atoms with Gasteiger partial charge < -0.3 is 0 Å². The lowest BCUT2D eigenvalue weighted by Gasteiger charge is -2.06. The molecule has 0 radical (unpaired) electrons. The van der Waals surface area contributed by atoms with E-state index in [1.165, 1.54) is 0 Å². The number of rotatable bonds is 1. The van der Waals surface area contributed by atoms with E-state index >= 15 is 0 Å². The summed E-state index contributed by atoms with van der Waals surface area (Å²) in [5, 5.41) is 0.938. The quantitative estimate of drug-likeness (QED) is 0.494. The average Bonchev–Trinajstić information content (AvgIpc) is 2.85. The fourth-order valence-electron chi connectivity index (χ4n) is 2.64.